The highest BCUT2D eigenvalue weighted by Crippen LogP contribution is 2.20. The summed E-state index contributed by atoms with van der Waals surface area (Å²) in [6.45, 7) is 4.97. The molecule has 4 nitrogen and oxygen atoms in total. The second-order valence-corrected chi connectivity index (χ2v) is 6.51. The molecule has 0 amide bonds. The van der Waals surface area contributed by atoms with Gasteiger partial charge in [0.15, 0.2) is 0 Å². The van der Waals surface area contributed by atoms with Crippen molar-refractivity contribution < 1.29 is 4.42 Å². The highest BCUT2D eigenvalue weighted by Gasteiger charge is 2.16. The molecule has 3 aromatic rings. The van der Waals surface area contributed by atoms with Crippen molar-refractivity contribution in [2.24, 2.45) is 5.10 Å². The first-order valence-corrected chi connectivity index (χ1v) is 9.06. The first kappa shape index (κ1) is 16.6. The molecule has 2 heterocycles. The zero-order valence-electron chi connectivity index (χ0n) is 14.8. The zero-order chi connectivity index (χ0) is 17.6. The van der Waals surface area contributed by atoms with Gasteiger partial charge in [-0.1, -0.05) is 42.5 Å². The van der Waals surface area contributed by atoms with Gasteiger partial charge in [0.1, 0.15) is 5.76 Å². The Morgan fingerprint density at radius 3 is 2.62 bits per heavy atom. The monoisotopic (exact) mass is 345 g/mol. The standard InChI is InChI=1S/C22H23N3O/c1-2-11-22-19(6-1)7-3-8-20(22)18-24-13-15-25(16-14-24)23-12-4-9-21-10-5-17-26-21/h1-12,17H,13-16,18H2/b9-4+,23-12+. The van der Waals surface area contributed by atoms with E-state index in [4.69, 9.17) is 4.42 Å². The Morgan fingerprint density at radius 1 is 0.923 bits per heavy atom. The van der Waals surface area contributed by atoms with Crippen molar-refractivity contribution in [2.45, 2.75) is 6.54 Å². The molecule has 26 heavy (non-hydrogen) atoms. The van der Waals surface area contributed by atoms with Gasteiger partial charge < -0.3 is 4.42 Å². The molecule has 0 atom stereocenters. The van der Waals surface area contributed by atoms with E-state index < -0.39 is 0 Å². The fraction of sp³-hybridized carbons (Fsp3) is 0.227. The number of furan rings is 1. The fourth-order valence-corrected chi connectivity index (χ4v) is 3.34. The molecule has 0 spiro atoms. The average molecular weight is 345 g/mol. The number of benzene rings is 2. The highest BCUT2D eigenvalue weighted by molar-refractivity contribution is 5.85. The Bertz CT molecular complexity index is 885. The minimum absolute atomic E-state index is 0.844. The molecule has 0 radical (unpaired) electrons. The van der Waals surface area contributed by atoms with Gasteiger partial charge in [-0.3, -0.25) is 9.91 Å². The Morgan fingerprint density at radius 2 is 1.77 bits per heavy atom. The summed E-state index contributed by atoms with van der Waals surface area (Å²) in [6, 6.07) is 19.0. The van der Waals surface area contributed by atoms with Crippen molar-refractivity contribution in [3.05, 3.63) is 78.3 Å². The average Bonchev–Trinajstić information content (AvgIpc) is 3.20. The Labute approximate surface area is 154 Å². The van der Waals surface area contributed by atoms with Gasteiger partial charge in [-0.2, -0.15) is 5.10 Å². The highest BCUT2D eigenvalue weighted by atomic mass is 16.3. The van der Waals surface area contributed by atoms with Crippen molar-refractivity contribution in [1.82, 2.24) is 9.91 Å². The van der Waals surface area contributed by atoms with Gasteiger partial charge in [0.05, 0.1) is 6.26 Å². The minimum Gasteiger partial charge on any atom is -0.465 e. The number of rotatable bonds is 5. The lowest BCUT2D eigenvalue weighted by atomic mass is 10.0. The number of hydrogen-bond donors (Lipinski definition) is 0. The van der Waals surface area contributed by atoms with Crippen molar-refractivity contribution >= 4 is 23.1 Å². The molecule has 0 aliphatic carbocycles. The molecule has 0 bridgehead atoms. The number of hydrazone groups is 1. The molecule has 132 valence electrons. The molecule has 1 saturated heterocycles. The molecule has 0 saturated carbocycles. The lowest BCUT2D eigenvalue weighted by Crippen LogP contribution is -2.43. The second-order valence-electron chi connectivity index (χ2n) is 6.51. The van der Waals surface area contributed by atoms with E-state index in [9.17, 15) is 0 Å². The van der Waals surface area contributed by atoms with E-state index in [2.05, 4.69) is 57.5 Å². The summed E-state index contributed by atoms with van der Waals surface area (Å²) >= 11 is 0. The summed E-state index contributed by atoms with van der Waals surface area (Å²) in [4.78, 5) is 2.51. The van der Waals surface area contributed by atoms with E-state index in [0.717, 1.165) is 38.5 Å². The molecule has 1 aromatic heterocycles. The number of nitrogens with zero attached hydrogens (tertiary/aromatic N) is 3. The molecule has 1 aliphatic heterocycles. The van der Waals surface area contributed by atoms with Gasteiger partial charge in [0.25, 0.3) is 0 Å². The van der Waals surface area contributed by atoms with Gasteiger partial charge in [-0.15, -0.1) is 0 Å². The third kappa shape index (κ3) is 4.03. The van der Waals surface area contributed by atoms with E-state index >= 15 is 0 Å². The Kier molecular flexibility index (Phi) is 5.12. The van der Waals surface area contributed by atoms with Crippen LogP contribution < -0.4 is 0 Å². The first-order chi connectivity index (χ1) is 12.9. The van der Waals surface area contributed by atoms with Crippen LogP contribution in [0.3, 0.4) is 0 Å². The third-order valence-corrected chi connectivity index (χ3v) is 4.74. The second kappa shape index (κ2) is 8.02. The van der Waals surface area contributed by atoms with E-state index in [1.54, 1.807) is 6.26 Å². The van der Waals surface area contributed by atoms with E-state index in [1.165, 1.54) is 16.3 Å². The van der Waals surface area contributed by atoms with E-state index in [-0.39, 0.29) is 0 Å². The van der Waals surface area contributed by atoms with Crippen LogP contribution in [0.2, 0.25) is 0 Å². The summed E-state index contributed by atoms with van der Waals surface area (Å²) in [5.41, 5.74) is 1.40. The van der Waals surface area contributed by atoms with Crippen LogP contribution in [0.4, 0.5) is 0 Å². The maximum Gasteiger partial charge on any atom is 0.126 e. The van der Waals surface area contributed by atoms with E-state index in [0.29, 0.717) is 0 Å². The number of piperazine rings is 1. The fourth-order valence-electron chi connectivity index (χ4n) is 3.34. The van der Waals surface area contributed by atoms with Crippen LogP contribution in [-0.4, -0.2) is 42.3 Å². The maximum atomic E-state index is 5.26. The largest absolute Gasteiger partial charge is 0.465 e. The van der Waals surface area contributed by atoms with Crippen molar-refractivity contribution in [3.63, 3.8) is 0 Å². The summed E-state index contributed by atoms with van der Waals surface area (Å²) < 4.78 is 5.26. The lowest BCUT2D eigenvalue weighted by molar-refractivity contribution is 0.131. The topological polar surface area (TPSA) is 32.0 Å². The summed E-state index contributed by atoms with van der Waals surface area (Å²) in [5, 5.41) is 9.33. The van der Waals surface area contributed by atoms with Gasteiger partial charge in [0, 0.05) is 38.9 Å². The predicted molar refractivity (Wildman–Crippen MR) is 107 cm³/mol. The smallest absolute Gasteiger partial charge is 0.126 e. The van der Waals surface area contributed by atoms with Crippen LogP contribution in [0.5, 0.6) is 0 Å². The maximum absolute atomic E-state index is 5.26. The molecule has 4 rings (SSSR count). The number of fused-ring (bicyclic) bond motifs is 1. The van der Waals surface area contributed by atoms with Crippen molar-refractivity contribution in [1.29, 1.82) is 0 Å². The van der Waals surface area contributed by atoms with Crippen LogP contribution >= 0.6 is 0 Å². The molecular weight excluding hydrogens is 322 g/mol. The van der Waals surface area contributed by atoms with Crippen molar-refractivity contribution in [3.8, 4) is 0 Å². The summed E-state index contributed by atoms with van der Waals surface area (Å²) in [5.74, 6) is 0.844. The van der Waals surface area contributed by atoms with Crippen LogP contribution in [-0.2, 0) is 6.54 Å². The first-order valence-electron chi connectivity index (χ1n) is 9.06. The van der Waals surface area contributed by atoms with Crippen molar-refractivity contribution in [2.75, 3.05) is 26.2 Å². The minimum atomic E-state index is 0.844. The predicted octanol–water partition coefficient (Wildman–Crippen LogP) is 4.25. The van der Waals surface area contributed by atoms with Gasteiger partial charge in [0.2, 0.25) is 0 Å². The van der Waals surface area contributed by atoms with Crippen LogP contribution in [0, 0.1) is 0 Å². The molecular formula is C22H23N3O. The molecule has 0 N–H and O–H groups in total. The zero-order valence-corrected chi connectivity index (χ0v) is 14.8. The molecule has 0 unspecified atom stereocenters. The molecule has 2 aromatic carbocycles. The Balaban J connectivity index is 1.31. The van der Waals surface area contributed by atoms with Crippen LogP contribution in [0.15, 0.2) is 76.5 Å². The summed E-state index contributed by atoms with van der Waals surface area (Å²) in [7, 11) is 0. The van der Waals surface area contributed by atoms with Crippen LogP contribution in [0.25, 0.3) is 16.8 Å². The SMILES string of the molecule is C(=C\c1ccco1)/C=N/N1CCN(Cc2cccc3ccccc23)CC1. The quantitative estimate of drug-likeness (QED) is 0.648. The molecule has 1 fully saturated rings. The summed E-state index contributed by atoms with van der Waals surface area (Å²) in [6.07, 6.45) is 7.34. The van der Waals surface area contributed by atoms with E-state index in [1.807, 2.05) is 30.5 Å². The molecule has 4 heteroatoms. The van der Waals surface area contributed by atoms with Gasteiger partial charge in [-0.05, 0) is 40.6 Å². The Hall–Kier alpha value is -2.85. The van der Waals surface area contributed by atoms with Gasteiger partial charge >= 0.3 is 0 Å². The normalized spacial score (nSPS) is 16.2. The lowest BCUT2D eigenvalue weighted by Gasteiger charge is -2.33. The number of allylic oxidation sites excluding steroid dienone is 1. The molecule has 1 aliphatic rings. The van der Waals surface area contributed by atoms with Gasteiger partial charge in [-0.25, -0.2) is 0 Å². The van der Waals surface area contributed by atoms with Crippen LogP contribution in [0.1, 0.15) is 11.3 Å². The number of hydrogen-bond acceptors (Lipinski definition) is 4. The third-order valence-electron chi connectivity index (χ3n) is 4.74.